The van der Waals surface area contributed by atoms with Crippen molar-refractivity contribution in [3.05, 3.63) is 21.3 Å². The fraction of sp³-hybridized carbons (Fsp3) is 0.500. The Bertz CT molecular complexity index is 366. The van der Waals surface area contributed by atoms with E-state index >= 15 is 0 Å². The van der Waals surface area contributed by atoms with Gasteiger partial charge in [-0.2, -0.15) is 0 Å². The van der Waals surface area contributed by atoms with Crippen LogP contribution in [0.3, 0.4) is 0 Å². The van der Waals surface area contributed by atoms with Gasteiger partial charge in [0.1, 0.15) is 4.88 Å². The second kappa shape index (κ2) is 4.51. The summed E-state index contributed by atoms with van der Waals surface area (Å²) in [6.45, 7) is 1.14. The van der Waals surface area contributed by atoms with Gasteiger partial charge in [0.05, 0.1) is 11.1 Å². The highest BCUT2D eigenvalue weighted by molar-refractivity contribution is 7.12. The summed E-state index contributed by atoms with van der Waals surface area (Å²) < 4.78 is 0. The summed E-state index contributed by atoms with van der Waals surface area (Å²) in [7, 11) is 0. The number of nitrogens with zero attached hydrogens (tertiary/aromatic N) is 1. The van der Waals surface area contributed by atoms with Crippen LogP contribution in [-0.4, -0.2) is 35.1 Å². The highest BCUT2D eigenvalue weighted by Gasteiger charge is 2.24. The summed E-state index contributed by atoms with van der Waals surface area (Å²) in [5, 5.41) is 11.8. The first-order chi connectivity index (χ1) is 7.18. The monoisotopic (exact) mass is 245 g/mol. The molecule has 5 heteroatoms. The van der Waals surface area contributed by atoms with Crippen LogP contribution < -0.4 is 0 Å². The molecule has 2 rings (SSSR count). The Balaban J connectivity index is 2.11. The average Bonchev–Trinajstić information content (AvgIpc) is 2.63. The fourth-order valence-corrected chi connectivity index (χ4v) is 2.83. The molecule has 82 valence electrons. The van der Waals surface area contributed by atoms with Crippen molar-refractivity contribution in [2.45, 2.75) is 18.9 Å². The number of aliphatic hydroxyl groups excluding tert-OH is 1. The second-order valence-corrected chi connectivity index (χ2v) is 4.97. The van der Waals surface area contributed by atoms with Crippen LogP contribution in [0.25, 0.3) is 0 Å². The minimum absolute atomic E-state index is 0.0613. The van der Waals surface area contributed by atoms with Gasteiger partial charge < -0.3 is 10.0 Å². The Labute approximate surface area is 97.3 Å². The lowest BCUT2D eigenvalue weighted by Gasteiger charge is -2.29. The fourth-order valence-electron chi connectivity index (χ4n) is 1.73. The molecule has 3 nitrogen and oxygen atoms in total. The van der Waals surface area contributed by atoms with Gasteiger partial charge in [0, 0.05) is 13.1 Å². The first-order valence-corrected chi connectivity index (χ1v) is 6.14. The van der Waals surface area contributed by atoms with Gasteiger partial charge in [0.2, 0.25) is 0 Å². The summed E-state index contributed by atoms with van der Waals surface area (Å²) in [5.74, 6) is -0.0613. The molecular weight excluding hydrogens is 234 g/mol. The molecule has 0 bridgehead atoms. The van der Waals surface area contributed by atoms with Gasteiger partial charge in [-0.3, -0.25) is 4.79 Å². The normalized spacial score (nSPS) is 21.7. The van der Waals surface area contributed by atoms with E-state index in [0.29, 0.717) is 23.0 Å². The third-order valence-corrected chi connectivity index (χ3v) is 3.82. The van der Waals surface area contributed by atoms with E-state index in [2.05, 4.69) is 0 Å². The Morgan fingerprint density at radius 2 is 2.47 bits per heavy atom. The summed E-state index contributed by atoms with van der Waals surface area (Å²) in [4.78, 5) is 14.2. The van der Waals surface area contributed by atoms with Crippen LogP contribution in [0.5, 0.6) is 0 Å². The van der Waals surface area contributed by atoms with Crippen LogP contribution in [0, 0.1) is 0 Å². The van der Waals surface area contributed by atoms with Gasteiger partial charge in [-0.15, -0.1) is 11.3 Å². The molecule has 1 unspecified atom stereocenters. The average molecular weight is 246 g/mol. The zero-order chi connectivity index (χ0) is 10.8. The zero-order valence-electron chi connectivity index (χ0n) is 8.15. The third-order valence-electron chi connectivity index (χ3n) is 2.50. The first kappa shape index (κ1) is 10.9. The van der Waals surface area contributed by atoms with E-state index < -0.39 is 0 Å². The van der Waals surface area contributed by atoms with Gasteiger partial charge in [-0.1, -0.05) is 11.6 Å². The number of halogens is 1. The quantitative estimate of drug-likeness (QED) is 0.822. The molecule has 1 aliphatic heterocycles. The van der Waals surface area contributed by atoms with E-state index in [0.717, 1.165) is 12.8 Å². The lowest BCUT2D eigenvalue weighted by Crippen LogP contribution is -2.41. The molecule has 15 heavy (non-hydrogen) atoms. The summed E-state index contributed by atoms with van der Waals surface area (Å²) in [6, 6.07) is 1.72. The standard InChI is InChI=1S/C10H12ClNO2S/c11-8-3-5-15-9(8)10(14)12-4-1-2-7(13)6-12/h3,5,7,13H,1-2,4,6H2. The number of piperidine rings is 1. The highest BCUT2D eigenvalue weighted by atomic mass is 35.5. The number of likely N-dealkylation sites (tertiary alicyclic amines) is 1. The van der Waals surface area contributed by atoms with Crippen molar-refractivity contribution < 1.29 is 9.90 Å². The Hall–Kier alpha value is -0.580. The van der Waals surface area contributed by atoms with Gasteiger partial charge in [0.25, 0.3) is 5.91 Å². The Kier molecular flexibility index (Phi) is 3.29. The maximum atomic E-state index is 12.0. The Morgan fingerprint density at radius 1 is 1.67 bits per heavy atom. The smallest absolute Gasteiger partial charge is 0.265 e. The summed E-state index contributed by atoms with van der Waals surface area (Å²) in [5.41, 5.74) is 0. The predicted octanol–water partition coefficient (Wildman–Crippen LogP) is 2.00. The number of hydrogen-bond acceptors (Lipinski definition) is 3. The van der Waals surface area contributed by atoms with Gasteiger partial charge in [-0.25, -0.2) is 0 Å². The van der Waals surface area contributed by atoms with Crippen molar-refractivity contribution in [1.82, 2.24) is 4.90 Å². The molecule has 1 aromatic rings. The van der Waals surface area contributed by atoms with Crippen LogP contribution in [0.4, 0.5) is 0 Å². The largest absolute Gasteiger partial charge is 0.391 e. The molecule has 2 heterocycles. The van der Waals surface area contributed by atoms with Crippen molar-refractivity contribution in [2.24, 2.45) is 0 Å². The molecule has 1 N–H and O–H groups in total. The molecule has 1 saturated heterocycles. The number of amides is 1. The van der Waals surface area contributed by atoms with Crippen molar-refractivity contribution in [3.8, 4) is 0 Å². The molecule has 1 amide bonds. The molecule has 0 aliphatic carbocycles. The lowest BCUT2D eigenvalue weighted by atomic mass is 10.1. The van der Waals surface area contributed by atoms with Crippen molar-refractivity contribution >= 4 is 28.8 Å². The minimum Gasteiger partial charge on any atom is -0.391 e. The van der Waals surface area contributed by atoms with Crippen LogP contribution in [0.1, 0.15) is 22.5 Å². The number of aliphatic hydroxyl groups is 1. The van der Waals surface area contributed by atoms with Crippen LogP contribution in [-0.2, 0) is 0 Å². The van der Waals surface area contributed by atoms with E-state index in [1.807, 2.05) is 0 Å². The third kappa shape index (κ3) is 2.33. The van der Waals surface area contributed by atoms with Crippen molar-refractivity contribution in [3.63, 3.8) is 0 Å². The lowest BCUT2D eigenvalue weighted by molar-refractivity contribution is 0.0478. The number of carbonyl (C=O) groups excluding carboxylic acids is 1. The predicted molar refractivity (Wildman–Crippen MR) is 60.5 cm³/mol. The maximum absolute atomic E-state index is 12.0. The maximum Gasteiger partial charge on any atom is 0.265 e. The number of rotatable bonds is 1. The molecule has 0 radical (unpaired) electrons. The molecule has 1 aromatic heterocycles. The molecule has 0 saturated carbocycles. The van der Waals surface area contributed by atoms with Crippen molar-refractivity contribution in [2.75, 3.05) is 13.1 Å². The van der Waals surface area contributed by atoms with E-state index in [-0.39, 0.29) is 12.0 Å². The number of thiophene rings is 1. The van der Waals surface area contributed by atoms with Crippen molar-refractivity contribution in [1.29, 1.82) is 0 Å². The SMILES string of the molecule is O=C(c1sccc1Cl)N1CCCC(O)C1. The number of β-amino-alcohol motifs (C(OH)–C–C–N with tert-alkyl or cyclic N) is 1. The molecule has 1 aliphatic rings. The number of carbonyl (C=O) groups is 1. The van der Waals surface area contributed by atoms with Crippen LogP contribution in [0.15, 0.2) is 11.4 Å². The molecule has 0 spiro atoms. The minimum atomic E-state index is -0.388. The molecular formula is C10H12ClNO2S. The van der Waals surface area contributed by atoms with Crippen LogP contribution in [0.2, 0.25) is 5.02 Å². The summed E-state index contributed by atoms with van der Waals surface area (Å²) in [6.07, 6.45) is 1.25. The molecule has 0 aromatic carbocycles. The first-order valence-electron chi connectivity index (χ1n) is 4.89. The van der Waals surface area contributed by atoms with Gasteiger partial charge >= 0.3 is 0 Å². The second-order valence-electron chi connectivity index (χ2n) is 3.64. The van der Waals surface area contributed by atoms with Crippen LogP contribution >= 0.6 is 22.9 Å². The molecule has 1 fully saturated rings. The highest BCUT2D eigenvalue weighted by Crippen LogP contribution is 2.24. The van der Waals surface area contributed by atoms with Gasteiger partial charge in [0.15, 0.2) is 0 Å². The van der Waals surface area contributed by atoms with E-state index in [1.165, 1.54) is 11.3 Å². The topological polar surface area (TPSA) is 40.5 Å². The van der Waals surface area contributed by atoms with E-state index in [9.17, 15) is 9.90 Å². The zero-order valence-corrected chi connectivity index (χ0v) is 9.72. The summed E-state index contributed by atoms with van der Waals surface area (Å²) >= 11 is 7.24. The number of hydrogen-bond donors (Lipinski definition) is 1. The molecule has 1 atom stereocenters. The Morgan fingerprint density at radius 3 is 3.07 bits per heavy atom. The van der Waals surface area contributed by atoms with E-state index in [1.54, 1.807) is 16.3 Å². The van der Waals surface area contributed by atoms with Gasteiger partial charge in [-0.05, 0) is 24.3 Å². The van der Waals surface area contributed by atoms with E-state index in [4.69, 9.17) is 11.6 Å².